The topological polar surface area (TPSA) is 32.3 Å². The lowest BCUT2D eigenvalue weighted by atomic mass is 9.81. The zero-order valence-corrected chi connectivity index (χ0v) is 11.8. The normalized spacial score (nSPS) is 21.4. The van der Waals surface area contributed by atoms with Crippen LogP contribution in [0.25, 0.3) is 0 Å². The standard InChI is InChI=1S/C18H21NO/c1-13-6-11-18(17-5-3-2-4-16(13)17)19-12-14-7-9-15(20)10-8-14/h2-5,7-10,13,18-20H,6,11-12H2,1H3. The summed E-state index contributed by atoms with van der Waals surface area (Å²) >= 11 is 0. The molecule has 0 radical (unpaired) electrons. The van der Waals surface area contributed by atoms with Crippen LogP contribution in [0, 0.1) is 0 Å². The van der Waals surface area contributed by atoms with Crippen molar-refractivity contribution in [1.82, 2.24) is 5.32 Å². The van der Waals surface area contributed by atoms with E-state index >= 15 is 0 Å². The molecule has 2 atom stereocenters. The van der Waals surface area contributed by atoms with Gasteiger partial charge in [0.05, 0.1) is 0 Å². The van der Waals surface area contributed by atoms with Crippen LogP contribution in [-0.4, -0.2) is 5.11 Å². The molecule has 0 saturated heterocycles. The lowest BCUT2D eigenvalue weighted by Crippen LogP contribution is -2.25. The Labute approximate surface area is 120 Å². The van der Waals surface area contributed by atoms with Gasteiger partial charge in [-0.25, -0.2) is 0 Å². The molecule has 0 amide bonds. The van der Waals surface area contributed by atoms with Gasteiger partial charge in [0.2, 0.25) is 0 Å². The molecule has 0 aliphatic heterocycles. The number of fused-ring (bicyclic) bond motifs is 1. The molecular weight excluding hydrogens is 246 g/mol. The molecule has 0 saturated carbocycles. The summed E-state index contributed by atoms with van der Waals surface area (Å²) in [4.78, 5) is 0. The number of hydrogen-bond acceptors (Lipinski definition) is 2. The Hall–Kier alpha value is -1.80. The molecule has 3 rings (SSSR count). The van der Waals surface area contributed by atoms with E-state index in [-0.39, 0.29) is 0 Å². The summed E-state index contributed by atoms with van der Waals surface area (Å²) in [7, 11) is 0. The zero-order chi connectivity index (χ0) is 13.9. The third kappa shape index (κ3) is 2.70. The van der Waals surface area contributed by atoms with Gasteiger partial charge in [0.15, 0.2) is 0 Å². The molecule has 0 spiro atoms. The van der Waals surface area contributed by atoms with Crippen molar-refractivity contribution >= 4 is 0 Å². The minimum Gasteiger partial charge on any atom is -0.508 e. The molecule has 2 N–H and O–H groups in total. The van der Waals surface area contributed by atoms with Crippen LogP contribution in [-0.2, 0) is 6.54 Å². The number of aromatic hydroxyl groups is 1. The maximum absolute atomic E-state index is 9.31. The molecule has 0 bridgehead atoms. The van der Waals surface area contributed by atoms with E-state index in [2.05, 4.69) is 36.5 Å². The van der Waals surface area contributed by atoms with E-state index in [4.69, 9.17) is 0 Å². The summed E-state index contributed by atoms with van der Waals surface area (Å²) in [6.45, 7) is 3.16. The van der Waals surface area contributed by atoms with Crippen LogP contribution in [0.2, 0.25) is 0 Å². The van der Waals surface area contributed by atoms with E-state index < -0.39 is 0 Å². The van der Waals surface area contributed by atoms with Gasteiger partial charge in [0, 0.05) is 12.6 Å². The van der Waals surface area contributed by atoms with Crippen LogP contribution in [0.5, 0.6) is 5.75 Å². The predicted octanol–water partition coefficient (Wildman–Crippen LogP) is 4.12. The molecule has 104 valence electrons. The van der Waals surface area contributed by atoms with Crippen molar-refractivity contribution in [3.63, 3.8) is 0 Å². The molecule has 1 aliphatic rings. The molecule has 2 nitrogen and oxygen atoms in total. The third-order valence-corrected chi connectivity index (χ3v) is 4.28. The van der Waals surface area contributed by atoms with Crippen LogP contribution < -0.4 is 5.32 Å². The summed E-state index contributed by atoms with van der Waals surface area (Å²) in [5.41, 5.74) is 4.14. The Kier molecular flexibility index (Phi) is 3.75. The number of hydrogen-bond donors (Lipinski definition) is 2. The van der Waals surface area contributed by atoms with Gasteiger partial charge in [-0.05, 0) is 47.6 Å². The van der Waals surface area contributed by atoms with Crippen molar-refractivity contribution in [2.24, 2.45) is 0 Å². The SMILES string of the molecule is CC1CCC(NCc2ccc(O)cc2)c2ccccc21. The third-order valence-electron chi connectivity index (χ3n) is 4.28. The fraction of sp³-hybridized carbons (Fsp3) is 0.333. The Morgan fingerprint density at radius 1 is 1.00 bits per heavy atom. The maximum atomic E-state index is 9.31. The number of phenolic OH excluding ortho intramolecular Hbond substituents is 1. The first-order chi connectivity index (χ1) is 9.74. The average molecular weight is 267 g/mol. The first-order valence-electron chi connectivity index (χ1n) is 7.34. The fourth-order valence-electron chi connectivity index (χ4n) is 3.07. The van der Waals surface area contributed by atoms with E-state index in [1.807, 2.05) is 12.1 Å². The summed E-state index contributed by atoms with van der Waals surface area (Å²) in [5.74, 6) is 0.989. The van der Waals surface area contributed by atoms with E-state index in [9.17, 15) is 5.11 Å². The molecule has 2 unspecified atom stereocenters. The Morgan fingerprint density at radius 3 is 2.45 bits per heavy atom. The summed E-state index contributed by atoms with van der Waals surface area (Å²) in [6, 6.07) is 16.6. The number of benzene rings is 2. The van der Waals surface area contributed by atoms with Crippen LogP contribution in [0.4, 0.5) is 0 Å². The van der Waals surface area contributed by atoms with Crippen molar-refractivity contribution in [3.8, 4) is 5.75 Å². The number of nitrogens with one attached hydrogen (secondary N) is 1. The molecular formula is C18H21NO. The van der Waals surface area contributed by atoms with Gasteiger partial charge >= 0.3 is 0 Å². The highest BCUT2D eigenvalue weighted by molar-refractivity contribution is 5.35. The van der Waals surface area contributed by atoms with E-state index in [1.165, 1.54) is 29.5 Å². The average Bonchev–Trinajstić information content (AvgIpc) is 2.49. The smallest absolute Gasteiger partial charge is 0.115 e. The van der Waals surface area contributed by atoms with E-state index in [0.29, 0.717) is 17.7 Å². The lowest BCUT2D eigenvalue weighted by molar-refractivity contribution is 0.431. The molecule has 20 heavy (non-hydrogen) atoms. The van der Waals surface area contributed by atoms with E-state index in [0.717, 1.165) is 6.54 Å². The van der Waals surface area contributed by atoms with Gasteiger partial charge in [-0.15, -0.1) is 0 Å². The minimum atomic E-state index is 0.325. The van der Waals surface area contributed by atoms with Crippen LogP contribution in [0.15, 0.2) is 48.5 Å². The van der Waals surface area contributed by atoms with Crippen LogP contribution in [0.3, 0.4) is 0 Å². The number of phenols is 1. The summed E-state index contributed by atoms with van der Waals surface area (Å²) < 4.78 is 0. The van der Waals surface area contributed by atoms with E-state index in [1.54, 1.807) is 12.1 Å². The monoisotopic (exact) mass is 267 g/mol. The zero-order valence-electron chi connectivity index (χ0n) is 11.8. The second-order valence-electron chi connectivity index (χ2n) is 5.71. The molecule has 0 aromatic heterocycles. The summed E-state index contributed by atoms with van der Waals surface area (Å²) in [6.07, 6.45) is 2.43. The predicted molar refractivity (Wildman–Crippen MR) is 81.8 cm³/mol. The first-order valence-corrected chi connectivity index (χ1v) is 7.34. The minimum absolute atomic E-state index is 0.325. The molecule has 2 aromatic carbocycles. The lowest BCUT2D eigenvalue weighted by Gasteiger charge is -2.30. The van der Waals surface area contributed by atoms with Crippen molar-refractivity contribution in [2.45, 2.75) is 38.3 Å². The summed E-state index contributed by atoms with van der Waals surface area (Å²) in [5, 5.41) is 13.0. The van der Waals surface area contributed by atoms with Crippen molar-refractivity contribution in [3.05, 3.63) is 65.2 Å². The highest BCUT2D eigenvalue weighted by atomic mass is 16.3. The van der Waals surface area contributed by atoms with Gasteiger partial charge in [-0.3, -0.25) is 0 Å². The largest absolute Gasteiger partial charge is 0.508 e. The molecule has 1 aliphatic carbocycles. The Balaban J connectivity index is 1.72. The first kappa shape index (κ1) is 13.2. The van der Waals surface area contributed by atoms with Crippen molar-refractivity contribution < 1.29 is 5.11 Å². The van der Waals surface area contributed by atoms with Gasteiger partial charge in [-0.1, -0.05) is 43.3 Å². The van der Waals surface area contributed by atoms with Gasteiger partial charge in [-0.2, -0.15) is 0 Å². The van der Waals surface area contributed by atoms with Crippen LogP contribution >= 0.6 is 0 Å². The molecule has 2 aromatic rings. The Morgan fingerprint density at radius 2 is 1.70 bits per heavy atom. The van der Waals surface area contributed by atoms with Gasteiger partial charge < -0.3 is 10.4 Å². The second-order valence-corrected chi connectivity index (χ2v) is 5.71. The Bertz CT molecular complexity index is 576. The fourth-order valence-corrected chi connectivity index (χ4v) is 3.07. The van der Waals surface area contributed by atoms with Gasteiger partial charge in [0.1, 0.15) is 5.75 Å². The van der Waals surface area contributed by atoms with Crippen molar-refractivity contribution in [1.29, 1.82) is 0 Å². The maximum Gasteiger partial charge on any atom is 0.115 e. The quantitative estimate of drug-likeness (QED) is 0.876. The van der Waals surface area contributed by atoms with Crippen molar-refractivity contribution in [2.75, 3.05) is 0 Å². The number of rotatable bonds is 3. The van der Waals surface area contributed by atoms with Crippen LogP contribution in [0.1, 0.15) is 48.4 Å². The second kappa shape index (κ2) is 5.68. The van der Waals surface area contributed by atoms with Gasteiger partial charge in [0.25, 0.3) is 0 Å². The highest BCUT2D eigenvalue weighted by Gasteiger charge is 2.23. The molecule has 0 heterocycles. The highest BCUT2D eigenvalue weighted by Crippen LogP contribution is 2.37. The molecule has 0 fully saturated rings. The molecule has 2 heteroatoms.